The highest BCUT2D eigenvalue weighted by atomic mass is 16.5. The van der Waals surface area contributed by atoms with E-state index in [-0.39, 0.29) is 11.8 Å². The van der Waals surface area contributed by atoms with E-state index in [9.17, 15) is 9.59 Å². The van der Waals surface area contributed by atoms with Crippen LogP contribution in [-0.4, -0.2) is 74.1 Å². The van der Waals surface area contributed by atoms with Crippen LogP contribution in [0.15, 0.2) is 24.3 Å². The zero-order valence-electron chi connectivity index (χ0n) is 15.1. The molecule has 1 aliphatic heterocycles. The minimum Gasteiger partial charge on any atom is -0.379 e. The Morgan fingerprint density at radius 2 is 1.72 bits per heavy atom. The minimum atomic E-state index is -0.115. The summed E-state index contributed by atoms with van der Waals surface area (Å²) in [5.74, 6) is -0.147. The van der Waals surface area contributed by atoms with Gasteiger partial charge in [0, 0.05) is 44.5 Å². The molecule has 1 aliphatic rings. The summed E-state index contributed by atoms with van der Waals surface area (Å²) >= 11 is 0. The zero-order valence-corrected chi connectivity index (χ0v) is 15.1. The summed E-state index contributed by atoms with van der Waals surface area (Å²) in [6.45, 7) is 10.1. The third kappa shape index (κ3) is 7.21. The van der Waals surface area contributed by atoms with Gasteiger partial charge in [0.25, 0.3) is 0 Å². The Hall–Kier alpha value is -1.96. The third-order valence-corrected chi connectivity index (χ3v) is 4.14. The smallest absolute Gasteiger partial charge is 0.238 e. The molecule has 0 aromatic heterocycles. The van der Waals surface area contributed by atoms with Gasteiger partial charge in [0.1, 0.15) is 0 Å². The number of morpholine rings is 1. The minimum absolute atomic E-state index is 0.0314. The first-order valence-corrected chi connectivity index (χ1v) is 8.76. The van der Waals surface area contributed by atoms with Gasteiger partial charge in [-0.2, -0.15) is 0 Å². The fourth-order valence-electron chi connectivity index (χ4n) is 2.70. The first-order chi connectivity index (χ1) is 12.1. The monoisotopic (exact) mass is 348 g/mol. The highest BCUT2D eigenvalue weighted by Crippen LogP contribution is 2.13. The largest absolute Gasteiger partial charge is 0.379 e. The lowest BCUT2D eigenvalue weighted by atomic mass is 10.2. The first-order valence-electron chi connectivity index (χ1n) is 8.76. The standard InChI is InChI=1S/C18H28N4O3/c1-3-21(8-9-22-10-12-25-13-11-22)14-18(24)20-17-6-4-16(5-7-17)19-15(2)23/h4-7H,3,8-14H2,1-2H3,(H,19,23)(H,20,24). The van der Waals surface area contributed by atoms with Crippen LogP contribution in [-0.2, 0) is 14.3 Å². The van der Waals surface area contributed by atoms with Gasteiger partial charge in [-0.15, -0.1) is 0 Å². The van der Waals surface area contributed by atoms with E-state index >= 15 is 0 Å². The van der Waals surface area contributed by atoms with Crippen molar-refractivity contribution in [2.45, 2.75) is 13.8 Å². The van der Waals surface area contributed by atoms with E-state index in [2.05, 4.69) is 27.4 Å². The fraction of sp³-hybridized carbons (Fsp3) is 0.556. The predicted molar refractivity (Wildman–Crippen MR) is 98.7 cm³/mol. The maximum atomic E-state index is 12.2. The predicted octanol–water partition coefficient (Wildman–Crippen LogP) is 1.24. The van der Waals surface area contributed by atoms with Crippen LogP contribution < -0.4 is 10.6 Å². The number of carbonyl (C=O) groups excluding carboxylic acids is 2. The van der Waals surface area contributed by atoms with Gasteiger partial charge in [0.15, 0.2) is 0 Å². The number of nitrogens with zero attached hydrogens (tertiary/aromatic N) is 2. The van der Waals surface area contributed by atoms with Gasteiger partial charge in [-0.05, 0) is 30.8 Å². The van der Waals surface area contributed by atoms with Crippen LogP contribution in [0.2, 0.25) is 0 Å². The highest BCUT2D eigenvalue weighted by Gasteiger charge is 2.14. The van der Waals surface area contributed by atoms with Crippen molar-refractivity contribution >= 4 is 23.2 Å². The molecule has 25 heavy (non-hydrogen) atoms. The lowest BCUT2D eigenvalue weighted by molar-refractivity contribution is -0.117. The number of amides is 2. The van der Waals surface area contributed by atoms with Crippen molar-refractivity contribution in [1.82, 2.24) is 9.80 Å². The number of benzene rings is 1. The van der Waals surface area contributed by atoms with E-state index in [1.54, 1.807) is 24.3 Å². The Morgan fingerprint density at radius 3 is 2.28 bits per heavy atom. The Kier molecular flexibility index (Phi) is 7.84. The van der Waals surface area contributed by atoms with Crippen LogP contribution in [0.3, 0.4) is 0 Å². The molecule has 1 aromatic rings. The van der Waals surface area contributed by atoms with Gasteiger partial charge in [0.05, 0.1) is 19.8 Å². The highest BCUT2D eigenvalue weighted by molar-refractivity contribution is 5.93. The van der Waals surface area contributed by atoms with Crippen molar-refractivity contribution in [1.29, 1.82) is 0 Å². The van der Waals surface area contributed by atoms with E-state index < -0.39 is 0 Å². The quantitative estimate of drug-likeness (QED) is 0.739. The van der Waals surface area contributed by atoms with Crippen molar-refractivity contribution in [3.63, 3.8) is 0 Å². The molecule has 7 heteroatoms. The fourth-order valence-corrected chi connectivity index (χ4v) is 2.70. The van der Waals surface area contributed by atoms with Gasteiger partial charge < -0.3 is 15.4 Å². The number of ether oxygens (including phenoxy) is 1. The van der Waals surface area contributed by atoms with Crippen LogP contribution in [0.25, 0.3) is 0 Å². The average Bonchev–Trinajstić information content (AvgIpc) is 2.60. The Morgan fingerprint density at radius 1 is 1.12 bits per heavy atom. The molecule has 0 spiro atoms. The van der Waals surface area contributed by atoms with E-state index in [0.29, 0.717) is 12.2 Å². The van der Waals surface area contributed by atoms with Crippen LogP contribution in [0.4, 0.5) is 11.4 Å². The topological polar surface area (TPSA) is 73.9 Å². The van der Waals surface area contributed by atoms with E-state index in [0.717, 1.165) is 51.6 Å². The van der Waals surface area contributed by atoms with Crippen molar-refractivity contribution < 1.29 is 14.3 Å². The Labute approximate surface area is 149 Å². The number of anilines is 2. The zero-order chi connectivity index (χ0) is 18.1. The Balaban J connectivity index is 1.75. The van der Waals surface area contributed by atoms with Crippen molar-refractivity contribution in [3.05, 3.63) is 24.3 Å². The third-order valence-electron chi connectivity index (χ3n) is 4.14. The molecule has 0 bridgehead atoms. The van der Waals surface area contributed by atoms with E-state index in [1.165, 1.54) is 6.92 Å². The summed E-state index contributed by atoms with van der Waals surface area (Å²) in [5.41, 5.74) is 1.44. The number of likely N-dealkylation sites (N-methyl/N-ethyl adjacent to an activating group) is 1. The molecule has 0 radical (unpaired) electrons. The molecule has 1 heterocycles. The normalized spacial score (nSPS) is 15.2. The summed E-state index contributed by atoms with van der Waals surface area (Å²) in [7, 11) is 0. The summed E-state index contributed by atoms with van der Waals surface area (Å²) in [6, 6.07) is 7.11. The van der Waals surface area contributed by atoms with Gasteiger partial charge in [-0.1, -0.05) is 6.92 Å². The van der Waals surface area contributed by atoms with Crippen LogP contribution in [0.5, 0.6) is 0 Å². The molecule has 1 fully saturated rings. The summed E-state index contributed by atoms with van der Waals surface area (Å²) < 4.78 is 5.35. The number of hydrogen-bond donors (Lipinski definition) is 2. The molecule has 0 aliphatic carbocycles. The van der Waals surface area contributed by atoms with Crippen molar-refractivity contribution in [2.24, 2.45) is 0 Å². The van der Waals surface area contributed by atoms with E-state index in [1.807, 2.05) is 0 Å². The summed E-state index contributed by atoms with van der Waals surface area (Å²) in [5, 5.41) is 5.60. The van der Waals surface area contributed by atoms with Crippen molar-refractivity contribution in [3.8, 4) is 0 Å². The SMILES string of the molecule is CCN(CCN1CCOCC1)CC(=O)Nc1ccc(NC(C)=O)cc1. The average molecular weight is 348 g/mol. The molecular formula is C18H28N4O3. The van der Waals surface area contributed by atoms with E-state index in [4.69, 9.17) is 4.74 Å². The lowest BCUT2D eigenvalue weighted by Gasteiger charge is -2.29. The molecule has 0 unspecified atom stereocenters. The molecule has 0 atom stereocenters. The maximum Gasteiger partial charge on any atom is 0.238 e. The van der Waals surface area contributed by atoms with Crippen molar-refractivity contribution in [2.75, 3.05) is 63.1 Å². The molecule has 2 amide bonds. The number of carbonyl (C=O) groups is 2. The van der Waals surface area contributed by atoms with Gasteiger partial charge in [-0.25, -0.2) is 0 Å². The molecule has 0 saturated carbocycles. The molecule has 138 valence electrons. The van der Waals surface area contributed by atoms with Crippen LogP contribution in [0.1, 0.15) is 13.8 Å². The number of nitrogens with one attached hydrogen (secondary N) is 2. The van der Waals surface area contributed by atoms with Crippen LogP contribution in [0, 0.1) is 0 Å². The second-order valence-electron chi connectivity index (χ2n) is 6.13. The number of rotatable bonds is 8. The molecule has 2 N–H and O–H groups in total. The number of hydrogen-bond acceptors (Lipinski definition) is 5. The van der Waals surface area contributed by atoms with Gasteiger partial charge in [0.2, 0.25) is 11.8 Å². The molecule has 7 nitrogen and oxygen atoms in total. The molecule has 2 rings (SSSR count). The van der Waals surface area contributed by atoms with Gasteiger partial charge in [-0.3, -0.25) is 19.4 Å². The summed E-state index contributed by atoms with van der Waals surface area (Å²) in [6.07, 6.45) is 0. The second kappa shape index (κ2) is 10.1. The van der Waals surface area contributed by atoms with Crippen LogP contribution >= 0.6 is 0 Å². The van der Waals surface area contributed by atoms with Gasteiger partial charge >= 0.3 is 0 Å². The maximum absolute atomic E-state index is 12.2. The molecule has 1 saturated heterocycles. The molecular weight excluding hydrogens is 320 g/mol. The first kappa shape index (κ1) is 19.4. The second-order valence-corrected chi connectivity index (χ2v) is 6.13. The lowest BCUT2D eigenvalue weighted by Crippen LogP contribution is -2.43. The molecule has 1 aromatic carbocycles. The Bertz CT molecular complexity index is 556. The summed E-state index contributed by atoms with van der Waals surface area (Å²) in [4.78, 5) is 27.8.